The zero-order valence-corrected chi connectivity index (χ0v) is 17.6. The summed E-state index contributed by atoms with van der Waals surface area (Å²) in [4.78, 5) is 5.99. The molecule has 1 fully saturated rings. The van der Waals surface area contributed by atoms with E-state index in [2.05, 4.69) is 54.1 Å². The molecular weight excluding hydrogens is 368 g/mol. The van der Waals surface area contributed by atoms with Gasteiger partial charge in [-0.1, -0.05) is 26.0 Å². The highest BCUT2D eigenvalue weighted by molar-refractivity contribution is 7.07. The monoisotopic (exact) mass is 394 g/mol. The third-order valence-corrected chi connectivity index (χ3v) is 5.96. The van der Waals surface area contributed by atoms with E-state index in [9.17, 15) is 0 Å². The molecule has 0 unspecified atom stereocenters. The van der Waals surface area contributed by atoms with Gasteiger partial charge >= 0.3 is 0 Å². The van der Waals surface area contributed by atoms with Crippen LogP contribution >= 0.6 is 11.3 Å². The Balaban J connectivity index is 1.79. The molecule has 1 aromatic heterocycles. The lowest BCUT2D eigenvalue weighted by atomic mass is 10.0. The number of ether oxygens (including phenoxy) is 2. The second kappa shape index (κ2) is 7.84. The van der Waals surface area contributed by atoms with Gasteiger partial charge in [0, 0.05) is 23.1 Å². The van der Waals surface area contributed by atoms with E-state index in [1.165, 1.54) is 18.4 Å². The largest absolute Gasteiger partial charge is 0.497 e. The second-order valence-electron chi connectivity index (χ2n) is 7.43. The van der Waals surface area contributed by atoms with Gasteiger partial charge in [-0.25, -0.2) is 4.99 Å². The average Bonchev–Trinajstić information content (AvgIpc) is 3.48. The molecule has 0 atom stereocenters. The van der Waals surface area contributed by atoms with E-state index in [1.54, 1.807) is 25.6 Å². The maximum atomic E-state index is 5.64. The number of benzene rings is 2. The fourth-order valence-corrected chi connectivity index (χ4v) is 4.32. The molecule has 146 valence electrons. The molecule has 0 radical (unpaired) electrons. The molecule has 0 amide bonds. The summed E-state index contributed by atoms with van der Waals surface area (Å²) in [6.07, 6.45) is 2.39. The summed E-state index contributed by atoms with van der Waals surface area (Å²) >= 11 is 1.68. The van der Waals surface area contributed by atoms with Gasteiger partial charge in [0.05, 0.1) is 25.6 Å². The Labute approximate surface area is 170 Å². The molecule has 1 aliphatic carbocycles. The molecule has 4 nitrogen and oxygen atoms in total. The average molecular weight is 395 g/mol. The van der Waals surface area contributed by atoms with Crippen LogP contribution in [0.2, 0.25) is 0 Å². The van der Waals surface area contributed by atoms with Crippen molar-refractivity contribution in [1.82, 2.24) is 4.57 Å². The standard InChI is InChI=1S/C23H26N2O2S/c1-15(2)16-5-7-17(8-6-16)24-23-25(18-9-10-18)21(14-28-23)20-12-11-19(26-3)13-22(20)27-4/h5-8,11-15,18H,9-10H2,1-4H3. The van der Waals surface area contributed by atoms with Gasteiger partial charge in [-0.3, -0.25) is 0 Å². The molecule has 3 aromatic rings. The molecule has 0 spiro atoms. The summed E-state index contributed by atoms with van der Waals surface area (Å²) in [6, 6.07) is 15.1. The second-order valence-corrected chi connectivity index (χ2v) is 8.27. The highest BCUT2D eigenvalue weighted by atomic mass is 32.1. The predicted molar refractivity (Wildman–Crippen MR) is 115 cm³/mol. The lowest BCUT2D eigenvalue weighted by Crippen LogP contribution is -2.14. The van der Waals surface area contributed by atoms with Crippen LogP contribution in [0.15, 0.2) is 52.8 Å². The molecule has 2 aromatic carbocycles. The molecule has 1 heterocycles. The summed E-state index contributed by atoms with van der Waals surface area (Å²) in [5.41, 5.74) is 4.56. The molecule has 0 bridgehead atoms. The van der Waals surface area contributed by atoms with Crippen molar-refractivity contribution in [1.29, 1.82) is 0 Å². The number of thiazole rings is 1. The zero-order valence-electron chi connectivity index (χ0n) is 16.8. The SMILES string of the molecule is COc1ccc(-c2csc(=Nc3ccc(C(C)C)cc3)n2C2CC2)c(OC)c1. The Morgan fingerprint density at radius 2 is 1.79 bits per heavy atom. The smallest absolute Gasteiger partial charge is 0.190 e. The molecule has 0 N–H and O–H groups in total. The number of hydrogen-bond acceptors (Lipinski definition) is 4. The van der Waals surface area contributed by atoms with E-state index in [1.807, 2.05) is 12.1 Å². The van der Waals surface area contributed by atoms with Crippen molar-refractivity contribution < 1.29 is 9.47 Å². The Hall–Kier alpha value is -2.53. The normalized spacial score (nSPS) is 14.5. The number of nitrogens with zero attached hydrogens (tertiary/aromatic N) is 2. The Morgan fingerprint density at radius 1 is 1.04 bits per heavy atom. The molecule has 5 heteroatoms. The minimum atomic E-state index is 0.516. The summed E-state index contributed by atoms with van der Waals surface area (Å²) in [5.74, 6) is 2.14. The van der Waals surface area contributed by atoms with E-state index >= 15 is 0 Å². The van der Waals surface area contributed by atoms with Gasteiger partial charge in [0.2, 0.25) is 0 Å². The fourth-order valence-electron chi connectivity index (χ4n) is 3.34. The van der Waals surface area contributed by atoms with Crippen LogP contribution in [0.4, 0.5) is 5.69 Å². The minimum absolute atomic E-state index is 0.516. The Morgan fingerprint density at radius 3 is 2.39 bits per heavy atom. The van der Waals surface area contributed by atoms with Gasteiger partial charge in [-0.2, -0.15) is 0 Å². The summed E-state index contributed by atoms with van der Waals surface area (Å²) < 4.78 is 13.4. The Kier molecular flexibility index (Phi) is 5.27. The first-order chi connectivity index (χ1) is 13.6. The third kappa shape index (κ3) is 3.72. The first-order valence-electron chi connectivity index (χ1n) is 9.68. The van der Waals surface area contributed by atoms with Crippen molar-refractivity contribution in [2.24, 2.45) is 4.99 Å². The van der Waals surface area contributed by atoms with Crippen molar-refractivity contribution in [2.45, 2.75) is 38.6 Å². The van der Waals surface area contributed by atoms with E-state index < -0.39 is 0 Å². The van der Waals surface area contributed by atoms with Crippen LogP contribution in [0.5, 0.6) is 11.5 Å². The quantitative estimate of drug-likeness (QED) is 0.520. The molecule has 0 saturated heterocycles. The van der Waals surface area contributed by atoms with E-state index in [0.29, 0.717) is 12.0 Å². The highest BCUT2D eigenvalue weighted by Crippen LogP contribution is 2.41. The molecule has 28 heavy (non-hydrogen) atoms. The predicted octanol–water partition coefficient (Wildman–Crippen LogP) is 5.92. The number of methoxy groups -OCH3 is 2. The van der Waals surface area contributed by atoms with Crippen molar-refractivity contribution in [3.8, 4) is 22.8 Å². The van der Waals surface area contributed by atoms with Gasteiger partial charge < -0.3 is 14.0 Å². The number of rotatable bonds is 6. The topological polar surface area (TPSA) is 35.8 Å². The van der Waals surface area contributed by atoms with E-state index in [-0.39, 0.29) is 0 Å². The summed E-state index contributed by atoms with van der Waals surface area (Å²) in [5, 5.41) is 2.18. The van der Waals surface area contributed by atoms with Gasteiger partial charge in [0.15, 0.2) is 4.80 Å². The molecule has 0 aliphatic heterocycles. The number of hydrogen-bond donors (Lipinski definition) is 0. The lowest BCUT2D eigenvalue weighted by molar-refractivity contribution is 0.395. The first kappa shape index (κ1) is 18.8. The number of aromatic nitrogens is 1. The van der Waals surface area contributed by atoms with Crippen LogP contribution in [0.1, 0.15) is 44.2 Å². The summed E-state index contributed by atoms with van der Waals surface area (Å²) in [7, 11) is 3.37. The van der Waals surface area contributed by atoms with Crippen LogP contribution in [0, 0.1) is 0 Å². The highest BCUT2D eigenvalue weighted by Gasteiger charge is 2.28. The Bertz CT molecular complexity index is 1030. The van der Waals surface area contributed by atoms with Crippen LogP contribution in [0.3, 0.4) is 0 Å². The van der Waals surface area contributed by atoms with Crippen LogP contribution in [-0.2, 0) is 0 Å². The van der Waals surface area contributed by atoms with Crippen molar-refractivity contribution in [2.75, 3.05) is 14.2 Å². The van der Waals surface area contributed by atoms with Gasteiger partial charge in [-0.05, 0) is 48.6 Å². The van der Waals surface area contributed by atoms with E-state index in [0.717, 1.165) is 33.2 Å². The lowest BCUT2D eigenvalue weighted by Gasteiger charge is -2.13. The molecular formula is C23H26N2O2S. The van der Waals surface area contributed by atoms with Crippen LogP contribution in [0.25, 0.3) is 11.3 Å². The van der Waals surface area contributed by atoms with Crippen molar-refractivity contribution in [3.63, 3.8) is 0 Å². The van der Waals surface area contributed by atoms with Crippen LogP contribution < -0.4 is 14.3 Å². The van der Waals surface area contributed by atoms with Gasteiger partial charge in [0.25, 0.3) is 0 Å². The van der Waals surface area contributed by atoms with Gasteiger partial charge in [0.1, 0.15) is 11.5 Å². The maximum absolute atomic E-state index is 5.64. The molecule has 1 saturated carbocycles. The zero-order chi connectivity index (χ0) is 19.7. The molecule has 1 aliphatic rings. The third-order valence-electron chi connectivity index (χ3n) is 5.12. The van der Waals surface area contributed by atoms with Gasteiger partial charge in [-0.15, -0.1) is 11.3 Å². The van der Waals surface area contributed by atoms with Crippen molar-refractivity contribution in [3.05, 3.63) is 58.2 Å². The fraction of sp³-hybridized carbons (Fsp3) is 0.348. The van der Waals surface area contributed by atoms with E-state index in [4.69, 9.17) is 14.5 Å². The molecule has 4 rings (SSSR count). The van der Waals surface area contributed by atoms with Crippen LogP contribution in [-0.4, -0.2) is 18.8 Å². The minimum Gasteiger partial charge on any atom is -0.497 e. The summed E-state index contributed by atoms with van der Waals surface area (Å²) in [6.45, 7) is 4.42. The first-order valence-corrected chi connectivity index (χ1v) is 10.6. The maximum Gasteiger partial charge on any atom is 0.190 e. The van der Waals surface area contributed by atoms with Crippen molar-refractivity contribution >= 4 is 17.0 Å².